The summed E-state index contributed by atoms with van der Waals surface area (Å²) in [7, 11) is 0. The number of hydrogen-bond donors (Lipinski definition) is 2. The van der Waals surface area contributed by atoms with Crippen molar-refractivity contribution in [3.8, 4) is 0 Å². The van der Waals surface area contributed by atoms with Crippen LogP contribution >= 0.6 is 0 Å². The molecule has 0 radical (unpaired) electrons. The van der Waals surface area contributed by atoms with Crippen LogP contribution in [0, 0.1) is 0 Å². The van der Waals surface area contributed by atoms with Crippen LogP contribution in [-0.2, 0) is 6.42 Å². The third-order valence-corrected chi connectivity index (χ3v) is 2.64. The molecule has 3 nitrogen and oxygen atoms in total. The van der Waals surface area contributed by atoms with Crippen LogP contribution in [0.4, 0.5) is 0 Å². The van der Waals surface area contributed by atoms with Gasteiger partial charge in [0.15, 0.2) is 0 Å². The van der Waals surface area contributed by atoms with Crippen molar-refractivity contribution in [2.24, 2.45) is 5.73 Å². The molecule has 0 fully saturated rings. The van der Waals surface area contributed by atoms with Gasteiger partial charge < -0.3 is 10.8 Å². The highest BCUT2D eigenvalue weighted by molar-refractivity contribution is 6.07. The van der Waals surface area contributed by atoms with Gasteiger partial charge in [-0.3, -0.25) is 4.79 Å². The zero-order valence-electron chi connectivity index (χ0n) is 8.81. The molecule has 0 aliphatic rings. The Morgan fingerprint density at radius 1 is 1.19 bits per heavy atom. The van der Waals surface area contributed by atoms with Crippen molar-refractivity contribution in [2.45, 2.75) is 6.42 Å². The second-order valence-corrected chi connectivity index (χ2v) is 3.66. The van der Waals surface area contributed by atoms with E-state index in [1.165, 1.54) is 0 Å². The zero-order chi connectivity index (χ0) is 11.5. The Hall–Kier alpha value is -1.87. The van der Waals surface area contributed by atoms with Crippen LogP contribution in [0.1, 0.15) is 15.9 Å². The minimum atomic E-state index is -0.444. The lowest BCUT2D eigenvalue weighted by Gasteiger charge is -2.09. The van der Waals surface area contributed by atoms with Gasteiger partial charge in [-0.2, -0.15) is 0 Å². The molecule has 0 saturated carbocycles. The number of rotatable bonds is 3. The molecular weight excluding hydrogens is 202 g/mol. The van der Waals surface area contributed by atoms with Gasteiger partial charge in [0, 0.05) is 6.61 Å². The molecule has 2 aromatic carbocycles. The molecule has 16 heavy (non-hydrogen) atoms. The monoisotopic (exact) mass is 215 g/mol. The van der Waals surface area contributed by atoms with Gasteiger partial charge in [0.05, 0.1) is 5.56 Å². The summed E-state index contributed by atoms with van der Waals surface area (Å²) in [4.78, 5) is 11.5. The average molecular weight is 215 g/mol. The molecule has 0 heterocycles. The lowest BCUT2D eigenvalue weighted by atomic mass is 9.97. The molecule has 3 N–H and O–H groups in total. The van der Waals surface area contributed by atoms with Gasteiger partial charge in [-0.25, -0.2) is 0 Å². The molecular formula is C13H13NO2. The van der Waals surface area contributed by atoms with Crippen molar-refractivity contribution >= 4 is 16.7 Å². The Morgan fingerprint density at radius 3 is 2.62 bits per heavy atom. The fourth-order valence-corrected chi connectivity index (χ4v) is 1.94. The predicted molar refractivity (Wildman–Crippen MR) is 63.3 cm³/mol. The molecule has 0 aliphatic carbocycles. The number of aliphatic hydroxyl groups is 1. The quantitative estimate of drug-likeness (QED) is 0.814. The lowest BCUT2D eigenvalue weighted by molar-refractivity contribution is 0.100. The van der Waals surface area contributed by atoms with Crippen molar-refractivity contribution < 1.29 is 9.90 Å². The van der Waals surface area contributed by atoms with Crippen molar-refractivity contribution in [1.29, 1.82) is 0 Å². The van der Waals surface area contributed by atoms with Gasteiger partial charge in [0.1, 0.15) is 0 Å². The van der Waals surface area contributed by atoms with E-state index in [9.17, 15) is 4.79 Å². The first-order chi connectivity index (χ1) is 7.74. The number of hydrogen-bond acceptors (Lipinski definition) is 2. The Balaban J connectivity index is 2.73. The van der Waals surface area contributed by atoms with Crippen LogP contribution < -0.4 is 5.73 Å². The summed E-state index contributed by atoms with van der Waals surface area (Å²) < 4.78 is 0. The third kappa shape index (κ3) is 1.77. The highest BCUT2D eigenvalue weighted by Crippen LogP contribution is 2.22. The van der Waals surface area contributed by atoms with Gasteiger partial charge in [0.2, 0.25) is 5.91 Å². The summed E-state index contributed by atoms with van der Waals surface area (Å²) in [6, 6.07) is 11.4. The van der Waals surface area contributed by atoms with Gasteiger partial charge >= 0.3 is 0 Å². The summed E-state index contributed by atoms with van der Waals surface area (Å²) >= 11 is 0. The maximum Gasteiger partial charge on any atom is 0.249 e. The SMILES string of the molecule is NC(=O)c1c(CCO)ccc2ccccc12. The van der Waals surface area contributed by atoms with Crippen LogP contribution in [0.3, 0.4) is 0 Å². The number of carbonyl (C=O) groups is 1. The van der Waals surface area contributed by atoms with Crippen LogP contribution in [0.25, 0.3) is 10.8 Å². The number of benzene rings is 2. The molecule has 2 rings (SSSR count). The number of aliphatic hydroxyl groups excluding tert-OH is 1. The predicted octanol–water partition coefficient (Wildman–Crippen LogP) is 1.47. The fraction of sp³-hybridized carbons (Fsp3) is 0.154. The Bertz CT molecular complexity index is 534. The number of amides is 1. The first-order valence-corrected chi connectivity index (χ1v) is 5.15. The molecule has 0 unspecified atom stereocenters. The third-order valence-electron chi connectivity index (χ3n) is 2.64. The fourth-order valence-electron chi connectivity index (χ4n) is 1.94. The number of carbonyl (C=O) groups excluding carboxylic acids is 1. The van der Waals surface area contributed by atoms with Crippen LogP contribution in [-0.4, -0.2) is 17.6 Å². The Kier molecular flexibility index (Phi) is 2.88. The van der Waals surface area contributed by atoms with Crippen LogP contribution in [0.5, 0.6) is 0 Å². The standard InChI is InChI=1S/C13H13NO2/c14-13(16)12-10(7-8-15)6-5-9-3-1-2-4-11(9)12/h1-6,15H,7-8H2,(H2,14,16). The summed E-state index contributed by atoms with van der Waals surface area (Å²) in [6.07, 6.45) is 0.448. The lowest BCUT2D eigenvalue weighted by Crippen LogP contribution is -2.15. The van der Waals surface area contributed by atoms with E-state index in [0.29, 0.717) is 12.0 Å². The number of fused-ring (bicyclic) bond motifs is 1. The Labute approximate surface area is 93.5 Å². The average Bonchev–Trinajstić information content (AvgIpc) is 2.28. The van der Waals surface area contributed by atoms with Crippen molar-refractivity contribution in [2.75, 3.05) is 6.61 Å². The smallest absolute Gasteiger partial charge is 0.249 e. The minimum absolute atomic E-state index is 0.0125. The van der Waals surface area contributed by atoms with E-state index in [2.05, 4.69) is 0 Å². The maximum atomic E-state index is 11.5. The van der Waals surface area contributed by atoms with Crippen LogP contribution in [0.2, 0.25) is 0 Å². The first kappa shape index (κ1) is 10.6. The summed E-state index contributed by atoms with van der Waals surface area (Å²) in [5, 5.41) is 10.8. The van der Waals surface area contributed by atoms with E-state index in [4.69, 9.17) is 10.8 Å². The number of nitrogens with two attached hydrogens (primary N) is 1. The minimum Gasteiger partial charge on any atom is -0.396 e. The molecule has 0 aliphatic heterocycles. The van der Waals surface area contributed by atoms with Crippen molar-refractivity contribution in [3.05, 3.63) is 47.5 Å². The molecule has 0 spiro atoms. The second-order valence-electron chi connectivity index (χ2n) is 3.66. The van der Waals surface area contributed by atoms with Crippen molar-refractivity contribution in [3.63, 3.8) is 0 Å². The molecule has 1 amide bonds. The Morgan fingerprint density at radius 2 is 1.94 bits per heavy atom. The number of primary amides is 1. The highest BCUT2D eigenvalue weighted by Gasteiger charge is 2.11. The van der Waals surface area contributed by atoms with E-state index in [0.717, 1.165) is 16.3 Å². The molecule has 0 bridgehead atoms. The molecule has 3 heteroatoms. The van der Waals surface area contributed by atoms with Gasteiger partial charge in [-0.1, -0.05) is 36.4 Å². The van der Waals surface area contributed by atoms with Gasteiger partial charge in [-0.15, -0.1) is 0 Å². The topological polar surface area (TPSA) is 63.3 Å². The molecule has 0 aromatic heterocycles. The molecule has 2 aromatic rings. The van der Waals surface area contributed by atoms with Crippen LogP contribution in [0.15, 0.2) is 36.4 Å². The normalized spacial score (nSPS) is 10.6. The molecule has 82 valence electrons. The second kappa shape index (κ2) is 4.33. The van der Waals surface area contributed by atoms with E-state index >= 15 is 0 Å². The van der Waals surface area contributed by atoms with E-state index < -0.39 is 5.91 Å². The van der Waals surface area contributed by atoms with Gasteiger partial charge in [0.25, 0.3) is 0 Å². The summed E-state index contributed by atoms with van der Waals surface area (Å²) in [5.41, 5.74) is 6.71. The largest absolute Gasteiger partial charge is 0.396 e. The van der Waals surface area contributed by atoms with E-state index in [1.807, 2.05) is 36.4 Å². The van der Waals surface area contributed by atoms with E-state index in [1.54, 1.807) is 0 Å². The van der Waals surface area contributed by atoms with Crippen molar-refractivity contribution in [1.82, 2.24) is 0 Å². The first-order valence-electron chi connectivity index (χ1n) is 5.15. The highest BCUT2D eigenvalue weighted by atomic mass is 16.3. The molecule has 0 saturated heterocycles. The van der Waals surface area contributed by atoms with Gasteiger partial charge in [-0.05, 0) is 22.8 Å². The summed E-state index contributed by atoms with van der Waals surface area (Å²) in [5.74, 6) is -0.444. The summed E-state index contributed by atoms with van der Waals surface area (Å²) in [6.45, 7) is 0.0125. The maximum absolute atomic E-state index is 11.5. The molecule has 0 atom stereocenters. The van der Waals surface area contributed by atoms with E-state index in [-0.39, 0.29) is 6.61 Å². The zero-order valence-corrected chi connectivity index (χ0v) is 8.81.